The van der Waals surface area contributed by atoms with Gasteiger partial charge in [-0.1, -0.05) is 24.6 Å². The summed E-state index contributed by atoms with van der Waals surface area (Å²) in [6.07, 6.45) is 0.651. The average molecular weight is 219 g/mol. The van der Waals surface area contributed by atoms with Crippen molar-refractivity contribution >= 4 is 11.6 Å². The van der Waals surface area contributed by atoms with Crippen LogP contribution in [-0.2, 0) is 9.47 Å². The maximum atomic E-state index is 9.89. The van der Waals surface area contributed by atoms with Gasteiger partial charge in [-0.3, -0.25) is 0 Å². The van der Waals surface area contributed by atoms with Crippen LogP contribution in [0.3, 0.4) is 0 Å². The van der Waals surface area contributed by atoms with Crippen molar-refractivity contribution < 1.29 is 14.6 Å². The lowest BCUT2D eigenvalue weighted by Gasteiger charge is -2.30. The fourth-order valence-corrected chi connectivity index (χ4v) is 2.36. The fourth-order valence-electron chi connectivity index (χ4n) is 2.00. The van der Waals surface area contributed by atoms with E-state index in [0.29, 0.717) is 5.03 Å². The summed E-state index contributed by atoms with van der Waals surface area (Å²) < 4.78 is 11.2. The van der Waals surface area contributed by atoms with Gasteiger partial charge in [0.1, 0.15) is 12.2 Å². The zero-order chi connectivity index (χ0) is 10.5. The van der Waals surface area contributed by atoms with Crippen LogP contribution in [-0.4, -0.2) is 29.2 Å². The predicted molar refractivity (Wildman–Crippen MR) is 52.9 cm³/mol. The zero-order valence-corrected chi connectivity index (χ0v) is 9.28. The van der Waals surface area contributed by atoms with E-state index in [-0.39, 0.29) is 18.1 Å². The standard InChI is InChI=1S/C10H15ClO3/c1-5-4-6(11)8-9(7(5)12)14-10(2,3)13-8/h4-5,7-9,12H,1-3H3/t5-,7-,8-,9+/m1/s1. The van der Waals surface area contributed by atoms with Crippen LogP contribution in [0.25, 0.3) is 0 Å². The van der Waals surface area contributed by atoms with Crippen molar-refractivity contribution in [3.63, 3.8) is 0 Å². The molecule has 0 aromatic rings. The summed E-state index contributed by atoms with van der Waals surface area (Å²) in [4.78, 5) is 0. The summed E-state index contributed by atoms with van der Waals surface area (Å²) in [6, 6.07) is 0. The molecule has 1 aliphatic heterocycles. The summed E-state index contributed by atoms with van der Waals surface area (Å²) in [7, 11) is 0. The van der Waals surface area contributed by atoms with Crippen molar-refractivity contribution in [2.45, 2.75) is 44.9 Å². The molecule has 0 aromatic carbocycles. The Morgan fingerprint density at radius 3 is 2.71 bits per heavy atom. The maximum absolute atomic E-state index is 9.89. The van der Waals surface area contributed by atoms with Crippen LogP contribution in [0.4, 0.5) is 0 Å². The van der Waals surface area contributed by atoms with Crippen molar-refractivity contribution in [1.29, 1.82) is 0 Å². The lowest BCUT2D eigenvalue weighted by atomic mass is 9.90. The van der Waals surface area contributed by atoms with Gasteiger partial charge >= 0.3 is 0 Å². The number of aliphatic hydroxyl groups excluding tert-OH is 1. The summed E-state index contributed by atoms with van der Waals surface area (Å²) >= 11 is 6.05. The smallest absolute Gasteiger partial charge is 0.164 e. The highest BCUT2D eigenvalue weighted by Gasteiger charge is 2.49. The largest absolute Gasteiger partial charge is 0.390 e. The van der Waals surface area contributed by atoms with Gasteiger partial charge in [-0.05, 0) is 13.8 Å². The Hall–Kier alpha value is -0.0900. The third-order valence-corrected chi connectivity index (χ3v) is 3.04. The first kappa shape index (κ1) is 10.4. The van der Waals surface area contributed by atoms with Crippen LogP contribution in [0.5, 0.6) is 0 Å². The molecule has 80 valence electrons. The molecule has 1 saturated heterocycles. The van der Waals surface area contributed by atoms with Crippen LogP contribution in [0.1, 0.15) is 20.8 Å². The second-order valence-corrected chi connectivity index (χ2v) is 4.86. The molecule has 0 aromatic heterocycles. The normalized spacial score (nSPS) is 45.9. The number of rotatable bonds is 0. The summed E-state index contributed by atoms with van der Waals surface area (Å²) in [5.41, 5.74) is 0. The lowest BCUT2D eigenvalue weighted by Crippen LogP contribution is -2.42. The van der Waals surface area contributed by atoms with Crippen LogP contribution >= 0.6 is 11.6 Å². The minimum absolute atomic E-state index is 0.0150. The molecule has 0 bridgehead atoms. The van der Waals surface area contributed by atoms with Gasteiger partial charge in [-0.2, -0.15) is 0 Å². The SMILES string of the molecule is C[C@@H]1C=C(Cl)[C@H]2OC(C)(C)O[C@H]2[C@@H]1O. The van der Waals surface area contributed by atoms with E-state index in [0.717, 1.165) is 0 Å². The molecule has 2 aliphatic rings. The third-order valence-electron chi connectivity index (χ3n) is 2.70. The Labute approximate surface area is 88.6 Å². The average Bonchev–Trinajstić information content (AvgIpc) is 2.38. The summed E-state index contributed by atoms with van der Waals surface area (Å²) in [5, 5.41) is 10.5. The Bertz CT molecular complexity index is 275. The van der Waals surface area contributed by atoms with Gasteiger partial charge in [-0.15, -0.1) is 0 Å². The molecule has 0 saturated carbocycles. The van der Waals surface area contributed by atoms with Gasteiger partial charge in [0.05, 0.1) is 6.10 Å². The van der Waals surface area contributed by atoms with E-state index in [1.807, 2.05) is 26.8 Å². The first-order chi connectivity index (χ1) is 6.41. The van der Waals surface area contributed by atoms with Crippen LogP contribution in [0.15, 0.2) is 11.1 Å². The molecule has 4 heteroatoms. The first-order valence-corrected chi connectivity index (χ1v) is 5.19. The van der Waals surface area contributed by atoms with E-state index >= 15 is 0 Å². The van der Waals surface area contributed by atoms with E-state index in [2.05, 4.69) is 0 Å². The van der Waals surface area contributed by atoms with Crippen molar-refractivity contribution in [2.24, 2.45) is 5.92 Å². The monoisotopic (exact) mass is 218 g/mol. The Morgan fingerprint density at radius 1 is 1.43 bits per heavy atom. The second kappa shape index (κ2) is 3.20. The highest BCUT2D eigenvalue weighted by molar-refractivity contribution is 6.30. The number of hydrogen-bond acceptors (Lipinski definition) is 3. The fraction of sp³-hybridized carbons (Fsp3) is 0.800. The highest BCUT2D eigenvalue weighted by Crippen LogP contribution is 2.40. The molecule has 0 unspecified atom stereocenters. The summed E-state index contributed by atoms with van der Waals surface area (Å²) in [6.45, 7) is 5.57. The molecule has 0 amide bonds. The number of halogens is 1. The Kier molecular flexibility index (Phi) is 2.39. The molecule has 1 fully saturated rings. The number of ether oxygens (including phenoxy) is 2. The quantitative estimate of drug-likeness (QED) is 0.672. The maximum Gasteiger partial charge on any atom is 0.164 e. The van der Waals surface area contributed by atoms with Crippen molar-refractivity contribution in [2.75, 3.05) is 0 Å². The molecule has 0 spiro atoms. The van der Waals surface area contributed by atoms with Gasteiger partial charge in [0.2, 0.25) is 0 Å². The van der Waals surface area contributed by atoms with Gasteiger partial charge in [0.25, 0.3) is 0 Å². The molecule has 3 nitrogen and oxygen atoms in total. The first-order valence-electron chi connectivity index (χ1n) is 4.81. The van der Waals surface area contributed by atoms with E-state index in [4.69, 9.17) is 21.1 Å². The van der Waals surface area contributed by atoms with E-state index in [1.54, 1.807) is 0 Å². The highest BCUT2D eigenvalue weighted by atomic mass is 35.5. The minimum Gasteiger partial charge on any atom is -0.390 e. The van der Waals surface area contributed by atoms with E-state index < -0.39 is 11.9 Å². The van der Waals surface area contributed by atoms with Gasteiger partial charge in [0, 0.05) is 11.0 Å². The van der Waals surface area contributed by atoms with Gasteiger partial charge in [-0.25, -0.2) is 0 Å². The molecule has 0 radical (unpaired) electrons. The number of hydrogen-bond donors (Lipinski definition) is 1. The van der Waals surface area contributed by atoms with Crippen LogP contribution in [0, 0.1) is 5.92 Å². The topological polar surface area (TPSA) is 38.7 Å². The molecular formula is C10H15ClO3. The van der Waals surface area contributed by atoms with Crippen molar-refractivity contribution in [3.8, 4) is 0 Å². The Morgan fingerprint density at radius 2 is 2.07 bits per heavy atom. The molecular weight excluding hydrogens is 204 g/mol. The van der Waals surface area contributed by atoms with Gasteiger partial charge < -0.3 is 14.6 Å². The lowest BCUT2D eigenvalue weighted by molar-refractivity contribution is -0.154. The zero-order valence-electron chi connectivity index (χ0n) is 8.53. The van der Waals surface area contributed by atoms with Crippen molar-refractivity contribution in [1.82, 2.24) is 0 Å². The summed E-state index contributed by atoms with van der Waals surface area (Å²) in [5.74, 6) is -0.643. The third kappa shape index (κ3) is 1.58. The van der Waals surface area contributed by atoms with Crippen molar-refractivity contribution in [3.05, 3.63) is 11.1 Å². The second-order valence-electron chi connectivity index (χ2n) is 4.42. The molecule has 2 rings (SSSR count). The molecule has 1 heterocycles. The number of aliphatic hydroxyl groups is 1. The molecule has 4 atom stereocenters. The predicted octanol–water partition coefficient (Wildman–Crippen LogP) is 1.64. The van der Waals surface area contributed by atoms with E-state index in [9.17, 15) is 5.11 Å². The van der Waals surface area contributed by atoms with Crippen LogP contribution in [0.2, 0.25) is 0 Å². The number of fused-ring (bicyclic) bond motifs is 1. The molecule has 1 N–H and O–H groups in total. The molecule has 14 heavy (non-hydrogen) atoms. The Balaban J connectivity index is 2.27. The minimum atomic E-state index is -0.658. The van der Waals surface area contributed by atoms with Crippen LogP contribution < -0.4 is 0 Å². The van der Waals surface area contributed by atoms with E-state index in [1.165, 1.54) is 0 Å². The molecule has 1 aliphatic carbocycles. The van der Waals surface area contributed by atoms with Gasteiger partial charge in [0.15, 0.2) is 5.79 Å².